The molecule has 0 bridgehead atoms. The second-order valence-corrected chi connectivity index (χ2v) is 7.56. The topological polar surface area (TPSA) is 101 Å². The molecule has 0 unspecified atom stereocenters. The lowest BCUT2D eigenvalue weighted by Gasteiger charge is -2.11. The number of benzene rings is 2. The molecule has 0 spiro atoms. The third-order valence-electron chi connectivity index (χ3n) is 3.84. The number of halogens is 1. The van der Waals surface area contributed by atoms with Crippen LogP contribution in [0.5, 0.6) is 0 Å². The Morgan fingerprint density at radius 1 is 0.964 bits per heavy atom. The summed E-state index contributed by atoms with van der Waals surface area (Å²) in [5.41, 5.74) is 2.03. The predicted octanol–water partition coefficient (Wildman–Crippen LogP) is 3.40. The Bertz CT molecular complexity index is 1190. The molecule has 8 nitrogen and oxygen atoms in total. The van der Waals surface area contributed by atoms with E-state index in [1.54, 1.807) is 53.0 Å². The van der Waals surface area contributed by atoms with E-state index in [1.165, 1.54) is 6.33 Å². The van der Waals surface area contributed by atoms with Crippen molar-refractivity contribution in [2.24, 2.45) is 0 Å². The fourth-order valence-electron chi connectivity index (χ4n) is 2.61. The third kappa shape index (κ3) is 4.05. The molecule has 2 aromatic carbocycles. The van der Waals surface area contributed by atoms with Gasteiger partial charge in [0.15, 0.2) is 0 Å². The van der Waals surface area contributed by atoms with Crippen LogP contribution in [-0.4, -0.2) is 28.0 Å². The maximum Gasteiger partial charge on any atom is 0.261 e. The van der Waals surface area contributed by atoms with Gasteiger partial charge in [-0.3, -0.25) is 4.72 Å². The Balaban J connectivity index is 0.00000225. The van der Waals surface area contributed by atoms with E-state index in [2.05, 4.69) is 25.1 Å². The van der Waals surface area contributed by atoms with Gasteiger partial charge in [-0.2, -0.15) is 14.6 Å². The van der Waals surface area contributed by atoms with E-state index in [1.807, 2.05) is 19.1 Å². The Kier molecular flexibility index (Phi) is 5.48. The van der Waals surface area contributed by atoms with Crippen LogP contribution in [0.2, 0.25) is 0 Å². The first-order chi connectivity index (χ1) is 13.0. The van der Waals surface area contributed by atoms with E-state index in [9.17, 15) is 8.42 Å². The van der Waals surface area contributed by atoms with Crippen LogP contribution in [0.25, 0.3) is 5.78 Å². The number of aryl methyl sites for hydroxylation is 1. The molecule has 0 saturated heterocycles. The van der Waals surface area contributed by atoms with Crippen LogP contribution in [0.1, 0.15) is 5.69 Å². The largest absolute Gasteiger partial charge is 0.340 e. The molecule has 0 aliphatic rings. The zero-order valence-electron chi connectivity index (χ0n) is 14.8. The molecule has 0 radical (unpaired) electrons. The van der Waals surface area contributed by atoms with E-state index in [-0.39, 0.29) is 17.3 Å². The fraction of sp³-hybridized carbons (Fsp3) is 0.0556. The van der Waals surface area contributed by atoms with Gasteiger partial charge in [-0.15, -0.1) is 12.4 Å². The third-order valence-corrected chi connectivity index (χ3v) is 5.24. The highest BCUT2D eigenvalue weighted by molar-refractivity contribution is 7.92. The second kappa shape index (κ2) is 7.83. The summed E-state index contributed by atoms with van der Waals surface area (Å²) in [4.78, 5) is 8.54. The number of nitrogens with one attached hydrogen (secondary N) is 2. The van der Waals surface area contributed by atoms with Gasteiger partial charge in [0.2, 0.25) is 0 Å². The van der Waals surface area contributed by atoms with Crippen molar-refractivity contribution in [3.8, 4) is 0 Å². The zero-order valence-corrected chi connectivity index (χ0v) is 16.4. The molecular weight excluding hydrogens is 400 g/mol. The average Bonchev–Trinajstić information content (AvgIpc) is 3.11. The Morgan fingerprint density at radius 3 is 2.39 bits per heavy atom. The summed E-state index contributed by atoms with van der Waals surface area (Å²) in [6.45, 7) is 1.87. The van der Waals surface area contributed by atoms with Gasteiger partial charge in [0.1, 0.15) is 12.1 Å². The van der Waals surface area contributed by atoms with Gasteiger partial charge in [0, 0.05) is 23.1 Å². The lowest BCUT2D eigenvalue weighted by molar-refractivity contribution is 0.601. The van der Waals surface area contributed by atoms with Gasteiger partial charge in [-0.25, -0.2) is 13.4 Å². The first-order valence-corrected chi connectivity index (χ1v) is 9.62. The van der Waals surface area contributed by atoms with Crippen LogP contribution in [0, 0.1) is 6.92 Å². The molecule has 2 heterocycles. The SMILES string of the molecule is Cc1cc(Nc2ccc(S(=O)(=O)Nc3ccccc3)cc2)n2ncnc2n1.Cl. The van der Waals surface area contributed by atoms with Crippen LogP contribution < -0.4 is 10.0 Å². The average molecular weight is 417 g/mol. The second-order valence-electron chi connectivity index (χ2n) is 5.88. The van der Waals surface area contributed by atoms with Crippen molar-refractivity contribution < 1.29 is 8.42 Å². The van der Waals surface area contributed by atoms with Crippen molar-refractivity contribution in [1.82, 2.24) is 19.6 Å². The summed E-state index contributed by atoms with van der Waals surface area (Å²) in [5, 5.41) is 7.34. The monoisotopic (exact) mass is 416 g/mol. The van der Waals surface area contributed by atoms with Gasteiger partial charge in [-0.05, 0) is 43.3 Å². The lowest BCUT2D eigenvalue weighted by atomic mass is 10.3. The summed E-state index contributed by atoms with van der Waals surface area (Å²) >= 11 is 0. The minimum atomic E-state index is -3.65. The lowest BCUT2D eigenvalue weighted by Crippen LogP contribution is -2.12. The van der Waals surface area contributed by atoms with Crippen molar-refractivity contribution in [3.05, 3.63) is 72.7 Å². The summed E-state index contributed by atoms with van der Waals surface area (Å²) < 4.78 is 29.1. The molecular formula is C18H17ClN6O2S. The van der Waals surface area contributed by atoms with Crippen molar-refractivity contribution in [1.29, 1.82) is 0 Å². The number of fused-ring (bicyclic) bond motifs is 1. The number of hydrogen-bond donors (Lipinski definition) is 2. The zero-order chi connectivity index (χ0) is 18.9. The van der Waals surface area contributed by atoms with Crippen LogP contribution in [0.4, 0.5) is 17.2 Å². The summed E-state index contributed by atoms with van der Waals surface area (Å²) in [6, 6.07) is 17.1. The number of rotatable bonds is 5. The smallest absolute Gasteiger partial charge is 0.261 e. The van der Waals surface area contributed by atoms with Crippen molar-refractivity contribution in [2.75, 3.05) is 10.0 Å². The number of para-hydroxylation sites is 1. The Morgan fingerprint density at radius 2 is 1.68 bits per heavy atom. The maximum atomic E-state index is 12.5. The molecule has 0 atom stereocenters. The molecule has 0 fully saturated rings. The Hall–Kier alpha value is -3.17. The van der Waals surface area contributed by atoms with Crippen molar-refractivity contribution >= 4 is 45.4 Å². The molecule has 0 saturated carbocycles. The van der Waals surface area contributed by atoms with Gasteiger partial charge >= 0.3 is 0 Å². The summed E-state index contributed by atoms with van der Waals surface area (Å²) in [5.74, 6) is 1.18. The van der Waals surface area contributed by atoms with Crippen molar-refractivity contribution in [2.45, 2.75) is 11.8 Å². The van der Waals surface area contributed by atoms with Gasteiger partial charge in [0.05, 0.1) is 4.90 Å². The van der Waals surface area contributed by atoms with Crippen LogP contribution >= 0.6 is 12.4 Å². The summed E-state index contributed by atoms with van der Waals surface area (Å²) in [6.07, 6.45) is 1.43. The number of hydrogen-bond acceptors (Lipinski definition) is 6. The van der Waals surface area contributed by atoms with Crippen LogP contribution in [-0.2, 0) is 10.0 Å². The predicted molar refractivity (Wildman–Crippen MR) is 110 cm³/mol. The van der Waals surface area contributed by atoms with Crippen molar-refractivity contribution in [3.63, 3.8) is 0 Å². The maximum absolute atomic E-state index is 12.5. The van der Waals surface area contributed by atoms with Crippen LogP contribution in [0.15, 0.2) is 71.9 Å². The van der Waals surface area contributed by atoms with Crippen LogP contribution in [0.3, 0.4) is 0 Å². The van der Waals surface area contributed by atoms with E-state index < -0.39 is 10.0 Å². The molecule has 4 aromatic rings. The highest BCUT2D eigenvalue weighted by atomic mass is 35.5. The normalized spacial score (nSPS) is 11.0. The first kappa shape index (κ1) is 19.6. The first-order valence-electron chi connectivity index (χ1n) is 8.14. The highest BCUT2D eigenvalue weighted by Gasteiger charge is 2.14. The molecule has 0 aliphatic heterocycles. The minimum Gasteiger partial charge on any atom is -0.340 e. The fourth-order valence-corrected chi connectivity index (χ4v) is 3.66. The molecule has 4 rings (SSSR count). The number of anilines is 3. The van der Waals surface area contributed by atoms with E-state index in [0.29, 0.717) is 17.3 Å². The molecule has 0 aliphatic carbocycles. The standard InChI is InChI=1S/C18H16N6O2S.ClH/c1-13-11-17(24-18(21-13)19-12-20-24)22-14-7-9-16(10-8-14)27(25,26)23-15-5-3-2-4-6-15;/h2-12,22-23H,1H3;1H. The number of aromatic nitrogens is 4. The number of sulfonamides is 1. The Labute approximate surface area is 168 Å². The molecule has 144 valence electrons. The van der Waals surface area contributed by atoms with E-state index >= 15 is 0 Å². The number of nitrogens with zero attached hydrogens (tertiary/aromatic N) is 4. The molecule has 2 aromatic heterocycles. The van der Waals surface area contributed by atoms with Gasteiger partial charge in [-0.1, -0.05) is 18.2 Å². The summed E-state index contributed by atoms with van der Waals surface area (Å²) in [7, 11) is -3.65. The van der Waals surface area contributed by atoms with E-state index in [4.69, 9.17) is 0 Å². The molecule has 28 heavy (non-hydrogen) atoms. The molecule has 10 heteroatoms. The quantitative estimate of drug-likeness (QED) is 0.517. The minimum absolute atomic E-state index is 0. The van der Waals surface area contributed by atoms with Gasteiger partial charge in [0.25, 0.3) is 15.8 Å². The van der Waals surface area contributed by atoms with Gasteiger partial charge < -0.3 is 5.32 Å². The van der Waals surface area contributed by atoms with E-state index in [0.717, 1.165) is 11.4 Å². The molecule has 0 amide bonds. The highest BCUT2D eigenvalue weighted by Crippen LogP contribution is 2.21. The molecule has 2 N–H and O–H groups in total.